The van der Waals surface area contributed by atoms with Crippen LogP contribution in [-0.2, 0) is 14.3 Å². The van der Waals surface area contributed by atoms with Crippen molar-refractivity contribution < 1.29 is 19.1 Å². The lowest BCUT2D eigenvalue weighted by atomic mass is 10.0. The Morgan fingerprint density at radius 2 is 1.71 bits per heavy atom. The molecule has 1 aliphatic rings. The average Bonchev–Trinajstić information content (AvgIpc) is 2.93. The van der Waals surface area contributed by atoms with E-state index < -0.39 is 5.97 Å². The van der Waals surface area contributed by atoms with Crippen LogP contribution in [0.2, 0.25) is 0 Å². The molecule has 2 aromatic carbocycles. The number of hydrogen-bond acceptors (Lipinski definition) is 4. The predicted molar refractivity (Wildman–Crippen MR) is 108 cm³/mol. The molecule has 1 amide bonds. The lowest BCUT2D eigenvalue weighted by Gasteiger charge is -2.18. The van der Waals surface area contributed by atoms with Gasteiger partial charge in [-0.05, 0) is 44.5 Å². The van der Waals surface area contributed by atoms with E-state index in [0.717, 1.165) is 11.1 Å². The Morgan fingerprint density at radius 1 is 1.04 bits per heavy atom. The number of nitrogens with zero attached hydrogens (tertiary/aromatic N) is 1. The Hall–Kier alpha value is -3.47. The third kappa shape index (κ3) is 3.51. The Balaban J connectivity index is 2.14. The number of anilines is 1. The minimum Gasteiger partial charge on any atom is -0.465 e. The maximum Gasteiger partial charge on any atom is 0.340 e. The van der Waals surface area contributed by atoms with Crippen LogP contribution >= 0.6 is 0 Å². The number of ketones is 1. The van der Waals surface area contributed by atoms with Crippen molar-refractivity contribution in [3.8, 4) is 0 Å². The van der Waals surface area contributed by atoms with E-state index in [2.05, 4.69) is 0 Å². The van der Waals surface area contributed by atoms with Gasteiger partial charge in [-0.15, -0.1) is 0 Å². The molecular formula is C23H21NO4. The minimum absolute atomic E-state index is 0.0984. The van der Waals surface area contributed by atoms with Gasteiger partial charge in [0.05, 0.1) is 18.3 Å². The Bertz CT molecular complexity index is 1030. The summed E-state index contributed by atoms with van der Waals surface area (Å²) in [6.07, 6.45) is 1.69. The zero-order valence-corrected chi connectivity index (χ0v) is 16.3. The number of benzene rings is 2. The molecule has 0 saturated heterocycles. The second kappa shape index (κ2) is 7.64. The zero-order valence-electron chi connectivity index (χ0n) is 16.3. The molecule has 0 bridgehead atoms. The van der Waals surface area contributed by atoms with Gasteiger partial charge in [0.2, 0.25) is 0 Å². The van der Waals surface area contributed by atoms with Crippen LogP contribution in [0.15, 0.2) is 65.4 Å². The molecule has 1 heterocycles. The highest BCUT2D eigenvalue weighted by molar-refractivity contribution is 6.24. The topological polar surface area (TPSA) is 63.7 Å². The number of carbonyl (C=O) groups is 3. The van der Waals surface area contributed by atoms with Crippen LogP contribution in [0.25, 0.3) is 6.08 Å². The molecule has 142 valence electrons. The number of rotatable bonds is 4. The Morgan fingerprint density at radius 3 is 2.32 bits per heavy atom. The number of Topliss-reactive ketones (excluding diaryl/α,β-unsaturated/α-hetero) is 1. The lowest BCUT2D eigenvalue weighted by molar-refractivity contribution is -0.136. The summed E-state index contributed by atoms with van der Waals surface area (Å²) in [4.78, 5) is 38.8. The standard InChI is InChI=1S/C23H21NO4/c1-14-8-10-17(11-9-14)12-20-21(23(27)28-4)15(2)24(22(20)26)19-7-5-6-18(13-19)16(3)25/h5-13H,1-4H3/b20-12-. The first-order valence-electron chi connectivity index (χ1n) is 8.87. The van der Waals surface area contributed by atoms with E-state index in [1.54, 1.807) is 37.3 Å². The highest BCUT2D eigenvalue weighted by Crippen LogP contribution is 2.35. The fourth-order valence-corrected chi connectivity index (χ4v) is 3.18. The molecule has 0 radical (unpaired) electrons. The molecule has 0 atom stereocenters. The monoisotopic (exact) mass is 375 g/mol. The predicted octanol–water partition coefficient (Wildman–Crippen LogP) is 4.07. The van der Waals surface area contributed by atoms with Crippen molar-refractivity contribution in [2.45, 2.75) is 20.8 Å². The van der Waals surface area contributed by atoms with Gasteiger partial charge in [0.25, 0.3) is 5.91 Å². The maximum absolute atomic E-state index is 13.2. The number of esters is 1. The number of methoxy groups -OCH3 is 1. The van der Waals surface area contributed by atoms with Crippen molar-refractivity contribution >= 4 is 29.4 Å². The largest absolute Gasteiger partial charge is 0.465 e. The average molecular weight is 375 g/mol. The van der Waals surface area contributed by atoms with Gasteiger partial charge >= 0.3 is 5.97 Å². The second-order valence-electron chi connectivity index (χ2n) is 6.67. The summed E-state index contributed by atoms with van der Waals surface area (Å²) in [7, 11) is 1.29. The van der Waals surface area contributed by atoms with E-state index in [9.17, 15) is 14.4 Å². The summed E-state index contributed by atoms with van der Waals surface area (Å²) < 4.78 is 4.92. The van der Waals surface area contributed by atoms with Crippen LogP contribution in [-0.4, -0.2) is 24.8 Å². The molecule has 0 aromatic heterocycles. The van der Waals surface area contributed by atoms with Crippen LogP contribution in [0.1, 0.15) is 35.3 Å². The molecule has 5 nitrogen and oxygen atoms in total. The molecule has 0 N–H and O–H groups in total. The summed E-state index contributed by atoms with van der Waals surface area (Å²) in [6, 6.07) is 14.4. The Labute approximate surface area is 163 Å². The van der Waals surface area contributed by atoms with Crippen molar-refractivity contribution in [2.24, 2.45) is 0 Å². The van der Waals surface area contributed by atoms with E-state index in [0.29, 0.717) is 16.9 Å². The number of carbonyl (C=O) groups excluding carboxylic acids is 3. The molecule has 2 aromatic rings. The van der Waals surface area contributed by atoms with Gasteiger partial charge in [-0.3, -0.25) is 14.5 Å². The smallest absolute Gasteiger partial charge is 0.340 e. The summed E-state index contributed by atoms with van der Waals surface area (Å²) in [5.74, 6) is -1.01. The molecule has 28 heavy (non-hydrogen) atoms. The highest BCUT2D eigenvalue weighted by atomic mass is 16.5. The fourth-order valence-electron chi connectivity index (χ4n) is 3.18. The van der Waals surface area contributed by atoms with Gasteiger partial charge in [-0.25, -0.2) is 4.79 Å². The summed E-state index contributed by atoms with van der Waals surface area (Å²) >= 11 is 0. The third-order valence-corrected chi connectivity index (χ3v) is 4.69. The van der Waals surface area contributed by atoms with Crippen LogP contribution in [0.5, 0.6) is 0 Å². The van der Waals surface area contributed by atoms with Gasteiger partial charge in [-0.1, -0.05) is 42.0 Å². The van der Waals surface area contributed by atoms with E-state index in [1.165, 1.54) is 18.9 Å². The molecule has 0 saturated carbocycles. The number of amides is 1. The van der Waals surface area contributed by atoms with Crippen LogP contribution < -0.4 is 4.90 Å². The van der Waals surface area contributed by atoms with Gasteiger partial charge in [0.15, 0.2) is 5.78 Å². The number of allylic oxidation sites excluding steroid dienone is 1. The molecule has 5 heteroatoms. The highest BCUT2D eigenvalue weighted by Gasteiger charge is 2.38. The number of ether oxygens (including phenoxy) is 1. The molecule has 0 unspecified atom stereocenters. The van der Waals surface area contributed by atoms with Crippen molar-refractivity contribution in [1.82, 2.24) is 0 Å². The molecule has 1 aliphatic heterocycles. The first-order chi connectivity index (χ1) is 13.3. The normalized spacial score (nSPS) is 15.4. The van der Waals surface area contributed by atoms with E-state index in [1.807, 2.05) is 31.2 Å². The quantitative estimate of drug-likeness (QED) is 0.459. The minimum atomic E-state index is -0.575. The van der Waals surface area contributed by atoms with Crippen molar-refractivity contribution in [1.29, 1.82) is 0 Å². The molecule has 0 aliphatic carbocycles. The molecule has 0 fully saturated rings. The van der Waals surface area contributed by atoms with Gasteiger partial charge in [0, 0.05) is 16.9 Å². The Kier molecular flexibility index (Phi) is 5.27. The van der Waals surface area contributed by atoms with Gasteiger partial charge in [-0.2, -0.15) is 0 Å². The van der Waals surface area contributed by atoms with E-state index in [4.69, 9.17) is 4.74 Å². The van der Waals surface area contributed by atoms with E-state index >= 15 is 0 Å². The van der Waals surface area contributed by atoms with Crippen molar-refractivity contribution in [2.75, 3.05) is 12.0 Å². The van der Waals surface area contributed by atoms with Crippen molar-refractivity contribution in [3.05, 3.63) is 82.1 Å². The zero-order chi connectivity index (χ0) is 20.4. The van der Waals surface area contributed by atoms with Crippen LogP contribution in [0.3, 0.4) is 0 Å². The van der Waals surface area contributed by atoms with Crippen molar-refractivity contribution in [3.63, 3.8) is 0 Å². The first-order valence-corrected chi connectivity index (χ1v) is 8.87. The fraction of sp³-hybridized carbons (Fsp3) is 0.174. The summed E-state index contributed by atoms with van der Waals surface area (Å²) in [5, 5.41) is 0. The van der Waals surface area contributed by atoms with Gasteiger partial charge < -0.3 is 4.74 Å². The SMILES string of the molecule is COC(=O)C1=C(C)N(c2cccc(C(C)=O)c2)C(=O)/C1=C\c1ccc(C)cc1. The number of hydrogen-bond donors (Lipinski definition) is 0. The van der Waals surface area contributed by atoms with Crippen LogP contribution in [0.4, 0.5) is 5.69 Å². The van der Waals surface area contributed by atoms with E-state index in [-0.39, 0.29) is 22.8 Å². The van der Waals surface area contributed by atoms with Crippen LogP contribution in [0, 0.1) is 6.92 Å². The summed E-state index contributed by atoms with van der Waals surface area (Å²) in [6.45, 7) is 5.14. The first kappa shape index (κ1) is 19.3. The summed E-state index contributed by atoms with van der Waals surface area (Å²) in [5.41, 5.74) is 3.89. The van der Waals surface area contributed by atoms with Gasteiger partial charge in [0.1, 0.15) is 0 Å². The molecular weight excluding hydrogens is 354 g/mol. The third-order valence-electron chi connectivity index (χ3n) is 4.69. The lowest BCUT2D eigenvalue weighted by Crippen LogP contribution is -2.24. The number of aryl methyl sites for hydroxylation is 1. The molecule has 3 rings (SSSR count). The molecule has 0 spiro atoms. The maximum atomic E-state index is 13.2. The second-order valence-corrected chi connectivity index (χ2v) is 6.67.